The Balaban J connectivity index is 2.10. The molecule has 19 heavy (non-hydrogen) atoms. The number of thiazole rings is 1. The maximum atomic E-state index is 11.5. The summed E-state index contributed by atoms with van der Waals surface area (Å²) in [5.41, 5.74) is 0.952. The number of ether oxygens (including phenoxy) is 1. The minimum absolute atomic E-state index is 0.0965. The maximum absolute atomic E-state index is 11.5. The van der Waals surface area contributed by atoms with E-state index in [4.69, 9.17) is 4.74 Å². The van der Waals surface area contributed by atoms with E-state index in [2.05, 4.69) is 4.98 Å². The number of amides is 1. The van der Waals surface area contributed by atoms with Gasteiger partial charge in [-0.25, -0.2) is 4.98 Å². The Morgan fingerprint density at radius 3 is 2.95 bits per heavy atom. The number of benzene rings is 1. The van der Waals surface area contributed by atoms with Crippen LogP contribution in [0.4, 0.5) is 0 Å². The van der Waals surface area contributed by atoms with E-state index in [1.807, 2.05) is 25.1 Å². The van der Waals surface area contributed by atoms with Gasteiger partial charge < -0.3 is 9.64 Å². The molecule has 1 aromatic heterocycles. The highest BCUT2D eigenvalue weighted by atomic mass is 32.2. The minimum atomic E-state index is 0.0965. The number of hydrogen-bond acceptors (Lipinski definition) is 5. The monoisotopic (exact) mass is 296 g/mol. The van der Waals surface area contributed by atoms with Crippen LogP contribution in [0.5, 0.6) is 5.75 Å². The summed E-state index contributed by atoms with van der Waals surface area (Å²) in [6, 6.07) is 5.87. The molecular weight excluding hydrogens is 280 g/mol. The van der Waals surface area contributed by atoms with Crippen molar-refractivity contribution in [3.63, 3.8) is 0 Å². The summed E-state index contributed by atoms with van der Waals surface area (Å²) in [6.45, 7) is 2.62. The highest BCUT2D eigenvalue weighted by Gasteiger charge is 2.09. The molecule has 102 valence electrons. The Morgan fingerprint density at radius 1 is 1.47 bits per heavy atom. The lowest BCUT2D eigenvalue weighted by atomic mass is 10.3. The standard InChI is InChI=1S/C13H16N2O2S2/c1-4-17-9-5-6-10-11(7-9)19-13(14-10)18-8-12(16)15(2)3/h5-7H,4,8H2,1-3H3. The van der Waals surface area contributed by atoms with E-state index < -0.39 is 0 Å². The van der Waals surface area contributed by atoms with Gasteiger partial charge in [0.2, 0.25) is 5.91 Å². The predicted octanol–water partition coefficient (Wildman–Crippen LogP) is 2.88. The number of carbonyl (C=O) groups excluding carboxylic acids is 1. The van der Waals surface area contributed by atoms with E-state index >= 15 is 0 Å². The van der Waals surface area contributed by atoms with E-state index in [9.17, 15) is 4.79 Å². The molecule has 1 amide bonds. The lowest BCUT2D eigenvalue weighted by molar-refractivity contribution is -0.125. The van der Waals surface area contributed by atoms with Crippen molar-refractivity contribution >= 4 is 39.2 Å². The molecule has 0 saturated heterocycles. The lowest BCUT2D eigenvalue weighted by Crippen LogP contribution is -2.23. The molecule has 0 spiro atoms. The maximum Gasteiger partial charge on any atom is 0.232 e. The van der Waals surface area contributed by atoms with Gasteiger partial charge in [-0.05, 0) is 25.1 Å². The number of fused-ring (bicyclic) bond motifs is 1. The van der Waals surface area contributed by atoms with Crippen molar-refractivity contribution in [2.24, 2.45) is 0 Å². The van der Waals surface area contributed by atoms with Gasteiger partial charge in [-0.3, -0.25) is 4.79 Å². The third kappa shape index (κ3) is 3.61. The molecule has 0 atom stereocenters. The van der Waals surface area contributed by atoms with Gasteiger partial charge >= 0.3 is 0 Å². The van der Waals surface area contributed by atoms with Crippen LogP contribution in [-0.4, -0.2) is 42.2 Å². The molecule has 0 aliphatic heterocycles. The molecule has 0 radical (unpaired) electrons. The second-order valence-electron chi connectivity index (χ2n) is 4.12. The van der Waals surface area contributed by atoms with Crippen molar-refractivity contribution < 1.29 is 9.53 Å². The van der Waals surface area contributed by atoms with Gasteiger partial charge in [0, 0.05) is 14.1 Å². The number of nitrogens with zero attached hydrogens (tertiary/aromatic N) is 2. The van der Waals surface area contributed by atoms with Crippen LogP contribution in [0.1, 0.15) is 6.92 Å². The second-order valence-corrected chi connectivity index (χ2v) is 6.37. The van der Waals surface area contributed by atoms with Crippen LogP contribution in [0.25, 0.3) is 10.2 Å². The van der Waals surface area contributed by atoms with E-state index in [1.54, 1.807) is 30.3 Å². The largest absolute Gasteiger partial charge is 0.494 e. The average molecular weight is 296 g/mol. The van der Waals surface area contributed by atoms with E-state index in [-0.39, 0.29) is 5.91 Å². The van der Waals surface area contributed by atoms with Gasteiger partial charge in [0.25, 0.3) is 0 Å². The SMILES string of the molecule is CCOc1ccc2nc(SCC(=O)N(C)C)sc2c1. The zero-order chi connectivity index (χ0) is 13.8. The van der Waals surface area contributed by atoms with Crippen molar-refractivity contribution in [1.82, 2.24) is 9.88 Å². The van der Waals surface area contributed by atoms with Crippen molar-refractivity contribution in [2.45, 2.75) is 11.3 Å². The highest BCUT2D eigenvalue weighted by Crippen LogP contribution is 2.31. The molecule has 2 aromatic rings. The molecule has 0 aliphatic rings. The zero-order valence-electron chi connectivity index (χ0n) is 11.2. The quantitative estimate of drug-likeness (QED) is 0.796. The zero-order valence-corrected chi connectivity index (χ0v) is 12.8. The van der Waals surface area contributed by atoms with Crippen molar-refractivity contribution in [3.05, 3.63) is 18.2 Å². The Morgan fingerprint density at radius 2 is 2.26 bits per heavy atom. The fourth-order valence-electron chi connectivity index (χ4n) is 1.45. The average Bonchev–Trinajstić information content (AvgIpc) is 2.78. The summed E-state index contributed by atoms with van der Waals surface area (Å²) < 4.78 is 7.47. The molecule has 0 bridgehead atoms. The predicted molar refractivity (Wildman–Crippen MR) is 80.2 cm³/mol. The molecule has 0 aliphatic carbocycles. The van der Waals surface area contributed by atoms with Crippen LogP contribution in [0, 0.1) is 0 Å². The summed E-state index contributed by atoms with van der Waals surface area (Å²) in [6.07, 6.45) is 0. The van der Waals surface area contributed by atoms with Gasteiger partial charge in [0.1, 0.15) is 5.75 Å². The highest BCUT2D eigenvalue weighted by molar-refractivity contribution is 8.01. The van der Waals surface area contributed by atoms with E-state index in [1.165, 1.54) is 11.8 Å². The minimum Gasteiger partial charge on any atom is -0.494 e. The normalized spacial score (nSPS) is 10.7. The molecular formula is C13H16N2O2S2. The Hall–Kier alpha value is -1.27. The van der Waals surface area contributed by atoms with Gasteiger partial charge in [0.15, 0.2) is 4.34 Å². The van der Waals surface area contributed by atoms with Crippen molar-refractivity contribution in [1.29, 1.82) is 0 Å². The molecule has 4 nitrogen and oxygen atoms in total. The van der Waals surface area contributed by atoms with Crippen LogP contribution in [0.2, 0.25) is 0 Å². The third-order valence-corrected chi connectivity index (χ3v) is 4.62. The Kier molecular flexibility index (Phi) is 4.66. The Labute approximate surface area is 120 Å². The molecule has 1 aromatic carbocycles. The molecule has 2 rings (SSSR count). The number of thioether (sulfide) groups is 1. The summed E-state index contributed by atoms with van der Waals surface area (Å²) >= 11 is 3.07. The first-order valence-electron chi connectivity index (χ1n) is 5.96. The van der Waals surface area contributed by atoms with Gasteiger partial charge in [-0.2, -0.15) is 0 Å². The van der Waals surface area contributed by atoms with Crippen LogP contribution in [0.3, 0.4) is 0 Å². The number of rotatable bonds is 5. The van der Waals surface area contributed by atoms with Gasteiger partial charge in [-0.1, -0.05) is 11.8 Å². The van der Waals surface area contributed by atoms with Crippen LogP contribution in [0.15, 0.2) is 22.5 Å². The van der Waals surface area contributed by atoms with Gasteiger partial charge in [0.05, 0.1) is 22.6 Å². The van der Waals surface area contributed by atoms with E-state index in [0.717, 1.165) is 20.3 Å². The summed E-state index contributed by atoms with van der Waals surface area (Å²) in [4.78, 5) is 17.6. The summed E-state index contributed by atoms with van der Waals surface area (Å²) in [5, 5.41) is 0. The smallest absolute Gasteiger partial charge is 0.232 e. The van der Waals surface area contributed by atoms with Crippen LogP contribution in [-0.2, 0) is 4.79 Å². The van der Waals surface area contributed by atoms with Crippen LogP contribution >= 0.6 is 23.1 Å². The first-order valence-corrected chi connectivity index (χ1v) is 7.76. The van der Waals surface area contributed by atoms with E-state index in [0.29, 0.717) is 12.4 Å². The first kappa shape index (κ1) is 14.1. The van der Waals surface area contributed by atoms with Crippen LogP contribution < -0.4 is 4.74 Å². The number of aromatic nitrogens is 1. The summed E-state index contributed by atoms with van der Waals surface area (Å²) in [5.74, 6) is 1.38. The van der Waals surface area contributed by atoms with Crippen molar-refractivity contribution in [3.8, 4) is 5.75 Å². The first-order chi connectivity index (χ1) is 9.10. The molecule has 1 heterocycles. The molecule has 0 unspecified atom stereocenters. The van der Waals surface area contributed by atoms with Gasteiger partial charge in [-0.15, -0.1) is 11.3 Å². The van der Waals surface area contributed by atoms with Crippen molar-refractivity contribution in [2.75, 3.05) is 26.5 Å². The lowest BCUT2D eigenvalue weighted by Gasteiger charge is -2.07. The molecule has 0 saturated carbocycles. The third-order valence-electron chi connectivity index (χ3n) is 2.47. The topological polar surface area (TPSA) is 42.4 Å². The molecule has 0 fully saturated rings. The molecule has 0 N–H and O–H groups in total. The fourth-order valence-corrected chi connectivity index (χ4v) is 3.53. The molecule has 6 heteroatoms. The summed E-state index contributed by atoms with van der Waals surface area (Å²) in [7, 11) is 3.52. The fraction of sp³-hybridized carbons (Fsp3) is 0.385. The number of hydrogen-bond donors (Lipinski definition) is 0. The Bertz CT molecular complexity index is 581. The number of carbonyl (C=O) groups is 1. The second kappa shape index (κ2) is 6.25.